The summed E-state index contributed by atoms with van der Waals surface area (Å²) < 4.78 is 45.9. The van der Waals surface area contributed by atoms with E-state index in [9.17, 15) is 32.7 Å². The number of anilines is 1. The van der Waals surface area contributed by atoms with Crippen molar-refractivity contribution in [1.82, 2.24) is 14.9 Å². The number of nitrogen functional groups attached to an aromatic ring is 1. The molecule has 2 aromatic carbocycles. The summed E-state index contributed by atoms with van der Waals surface area (Å²) in [5.41, 5.74) is 6.95. The number of amides is 2. The van der Waals surface area contributed by atoms with Crippen LogP contribution in [0.3, 0.4) is 0 Å². The lowest BCUT2D eigenvalue weighted by atomic mass is 10.0. The quantitative estimate of drug-likeness (QED) is 0.131. The predicted molar refractivity (Wildman–Crippen MR) is 181 cm³/mol. The van der Waals surface area contributed by atoms with E-state index >= 15 is 0 Å². The van der Waals surface area contributed by atoms with Gasteiger partial charge in [-0.05, 0) is 48.1 Å². The van der Waals surface area contributed by atoms with E-state index in [1.54, 1.807) is 26.0 Å². The van der Waals surface area contributed by atoms with Crippen molar-refractivity contribution < 1.29 is 46.9 Å². The number of aliphatic carboxylic acids is 1. The number of carboxylic acids is 1. The Bertz CT molecular complexity index is 1500. The van der Waals surface area contributed by atoms with Gasteiger partial charge >= 0.3 is 18.0 Å². The van der Waals surface area contributed by atoms with Crippen LogP contribution in [0.4, 0.5) is 10.5 Å². The average molecular weight is 705 g/mol. The van der Waals surface area contributed by atoms with Gasteiger partial charge < -0.3 is 35.7 Å². The maximum absolute atomic E-state index is 14.0. The number of rotatable bonds is 18. The van der Waals surface area contributed by atoms with Crippen LogP contribution in [0.2, 0.25) is 0 Å². The molecule has 0 radical (unpaired) electrons. The third-order valence-electron chi connectivity index (χ3n) is 7.77. The molecule has 0 saturated carbocycles. The van der Waals surface area contributed by atoms with E-state index in [2.05, 4.69) is 10.6 Å². The lowest BCUT2D eigenvalue weighted by molar-refractivity contribution is -0.152. The number of carbonyl (C=O) groups is 4. The Balaban J connectivity index is 1.94. The molecule has 0 unspecified atom stereocenters. The number of nitrogens with zero attached hydrogens (tertiary/aromatic N) is 1. The average Bonchev–Trinajstić information content (AvgIpc) is 3.54. The highest BCUT2D eigenvalue weighted by molar-refractivity contribution is 7.89. The number of ether oxygens (including phenoxy) is 3. The second-order valence-electron chi connectivity index (χ2n) is 12.8. The second kappa shape index (κ2) is 18.5. The molecule has 14 nitrogen and oxygen atoms in total. The first-order chi connectivity index (χ1) is 23.1. The Labute approximate surface area is 287 Å². The van der Waals surface area contributed by atoms with Gasteiger partial charge in [0.1, 0.15) is 18.2 Å². The zero-order chi connectivity index (χ0) is 36.1. The van der Waals surface area contributed by atoms with Crippen LogP contribution >= 0.6 is 0 Å². The first-order valence-corrected chi connectivity index (χ1v) is 17.8. The number of carboxylic acid groups (broad SMARTS) is 1. The molecule has 5 N–H and O–H groups in total. The molecular formula is C34H48N4O10S. The minimum absolute atomic E-state index is 0.0181. The van der Waals surface area contributed by atoms with Crippen molar-refractivity contribution in [3.63, 3.8) is 0 Å². The van der Waals surface area contributed by atoms with Gasteiger partial charge in [-0.15, -0.1) is 0 Å². The molecule has 3 rings (SSSR count). The van der Waals surface area contributed by atoms with E-state index < -0.39 is 70.6 Å². The summed E-state index contributed by atoms with van der Waals surface area (Å²) in [6.45, 7) is 7.35. The van der Waals surface area contributed by atoms with E-state index in [-0.39, 0.29) is 43.4 Å². The molecule has 270 valence electrons. The third kappa shape index (κ3) is 12.6. The van der Waals surface area contributed by atoms with Crippen LogP contribution in [-0.2, 0) is 45.0 Å². The summed E-state index contributed by atoms with van der Waals surface area (Å²) in [6.07, 6.45) is -2.65. The molecule has 0 aromatic heterocycles. The number of nitrogens with one attached hydrogen (secondary N) is 2. The number of hydrogen-bond acceptors (Lipinski definition) is 10. The van der Waals surface area contributed by atoms with Gasteiger partial charge in [-0.2, -0.15) is 4.31 Å². The predicted octanol–water partition coefficient (Wildman–Crippen LogP) is 2.96. The lowest BCUT2D eigenvalue weighted by Crippen LogP contribution is -2.53. The standard InChI is InChI=1S/C34H48N4O10S/c1-22(2)19-38(49(44,45)27-12-10-25(35)11-13-27)20-29(48-31(40)15-14-30(39)37-32(23(3)4)33(41)42)28(18-24-8-6-5-7-9-24)36-34(43)47-26-16-17-46-21-26/h5-13,22-23,26,28-29,32H,14-21,35H2,1-4H3,(H,36,43)(H,37,39)(H,41,42)/t26-,28-,29+,32-/m0/s1. The summed E-state index contributed by atoms with van der Waals surface area (Å²) in [4.78, 5) is 50.6. The minimum Gasteiger partial charge on any atom is -0.480 e. The van der Waals surface area contributed by atoms with E-state index in [0.717, 1.165) is 5.56 Å². The molecule has 1 aliphatic rings. The highest BCUT2D eigenvalue weighted by Gasteiger charge is 2.35. The maximum atomic E-state index is 14.0. The van der Waals surface area contributed by atoms with Crippen molar-refractivity contribution in [3.05, 3.63) is 60.2 Å². The Morgan fingerprint density at radius 2 is 1.65 bits per heavy atom. The van der Waals surface area contributed by atoms with Crippen LogP contribution in [0.5, 0.6) is 0 Å². The summed E-state index contributed by atoms with van der Waals surface area (Å²) in [7, 11) is -4.15. The number of carbonyl (C=O) groups excluding carboxylic acids is 3. The van der Waals surface area contributed by atoms with Crippen LogP contribution in [0, 0.1) is 11.8 Å². The normalized spacial score (nSPS) is 16.6. The topological polar surface area (TPSA) is 204 Å². The van der Waals surface area contributed by atoms with Crippen molar-refractivity contribution in [2.75, 3.05) is 32.0 Å². The van der Waals surface area contributed by atoms with Crippen LogP contribution in [-0.4, -0.2) is 92.4 Å². The smallest absolute Gasteiger partial charge is 0.407 e. The number of nitrogens with two attached hydrogens (primary N) is 1. The number of hydrogen-bond donors (Lipinski definition) is 4. The van der Waals surface area contributed by atoms with Crippen LogP contribution in [0.15, 0.2) is 59.5 Å². The van der Waals surface area contributed by atoms with E-state index in [1.807, 2.05) is 32.0 Å². The van der Waals surface area contributed by atoms with Crippen molar-refractivity contribution in [3.8, 4) is 0 Å². The number of benzene rings is 2. The maximum Gasteiger partial charge on any atom is 0.407 e. The Kier molecular flexibility index (Phi) is 14.8. The Morgan fingerprint density at radius 1 is 0.980 bits per heavy atom. The summed E-state index contributed by atoms with van der Waals surface area (Å²) >= 11 is 0. The van der Waals surface area contributed by atoms with Gasteiger partial charge in [-0.25, -0.2) is 18.0 Å². The molecule has 4 atom stereocenters. The number of alkyl carbamates (subject to hydrolysis) is 1. The van der Waals surface area contributed by atoms with Crippen LogP contribution < -0.4 is 16.4 Å². The van der Waals surface area contributed by atoms with Gasteiger partial charge in [0.2, 0.25) is 15.9 Å². The summed E-state index contributed by atoms with van der Waals surface area (Å²) in [6, 6.07) is 12.7. The molecule has 49 heavy (non-hydrogen) atoms. The first kappa shape index (κ1) is 39.2. The SMILES string of the molecule is CC(C)CN(C[C@@H](OC(=O)CCC(=O)N[C@H](C(=O)O)C(C)C)[C@H](Cc1ccccc1)NC(=O)O[C@H]1CCOC1)S(=O)(=O)c1ccc(N)cc1. The Hall–Kier alpha value is -4.21. The second-order valence-corrected chi connectivity index (χ2v) is 14.7. The van der Waals surface area contributed by atoms with Crippen molar-refractivity contribution in [1.29, 1.82) is 0 Å². The Morgan fingerprint density at radius 3 is 2.22 bits per heavy atom. The van der Waals surface area contributed by atoms with Gasteiger partial charge in [0.15, 0.2) is 0 Å². The van der Waals surface area contributed by atoms with Gasteiger partial charge in [-0.1, -0.05) is 58.0 Å². The fourth-order valence-corrected chi connectivity index (χ4v) is 6.82. The fourth-order valence-electron chi connectivity index (χ4n) is 5.20. The molecule has 2 aromatic rings. The fraction of sp³-hybridized carbons (Fsp3) is 0.529. The lowest BCUT2D eigenvalue weighted by Gasteiger charge is -2.33. The molecule has 1 saturated heterocycles. The van der Waals surface area contributed by atoms with E-state index in [4.69, 9.17) is 19.9 Å². The highest BCUT2D eigenvalue weighted by atomic mass is 32.2. The molecule has 0 spiro atoms. The highest BCUT2D eigenvalue weighted by Crippen LogP contribution is 2.22. The zero-order valence-corrected chi connectivity index (χ0v) is 29.2. The molecule has 15 heteroatoms. The zero-order valence-electron chi connectivity index (χ0n) is 28.4. The molecule has 1 aliphatic heterocycles. The van der Waals surface area contributed by atoms with E-state index in [0.29, 0.717) is 18.7 Å². The minimum atomic E-state index is -4.15. The molecule has 0 aliphatic carbocycles. The number of esters is 1. The van der Waals surface area contributed by atoms with Crippen molar-refractivity contribution in [2.24, 2.45) is 11.8 Å². The van der Waals surface area contributed by atoms with Crippen LogP contribution in [0.1, 0.15) is 52.5 Å². The molecule has 2 amide bonds. The molecular weight excluding hydrogens is 656 g/mol. The largest absolute Gasteiger partial charge is 0.480 e. The van der Waals surface area contributed by atoms with Crippen LogP contribution in [0.25, 0.3) is 0 Å². The summed E-state index contributed by atoms with van der Waals surface area (Å²) in [5.74, 6) is -3.25. The van der Waals surface area contributed by atoms with E-state index in [1.165, 1.54) is 28.6 Å². The monoisotopic (exact) mass is 704 g/mol. The van der Waals surface area contributed by atoms with Gasteiger partial charge in [0, 0.05) is 25.1 Å². The third-order valence-corrected chi connectivity index (χ3v) is 9.62. The van der Waals surface area contributed by atoms with Crippen molar-refractivity contribution in [2.45, 2.75) is 82.6 Å². The number of sulfonamides is 1. The first-order valence-electron chi connectivity index (χ1n) is 16.3. The van der Waals surface area contributed by atoms with Gasteiger partial charge in [-0.3, -0.25) is 9.59 Å². The summed E-state index contributed by atoms with van der Waals surface area (Å²) in [5, 5.41) is 14.6. The molecule has 1 heterocycles. The van der Waals surface area contributed by atoms with Gasteiger partial charge in [0.05, 0.1) is 37.1 Å². The van der Waals surface area contributed by atoms with Gasteiger partial charge in [0.25, 0.3) is 0 Å². The van der Waals surface area contributed by atoms with Crippen molar-refractivity contribution >= 4 is 39.6 Å². The molecule has 1 fully saturated rings. The molecule has 0 bridgehead atoms.